The highest BCUT2D eigenvalue weighted by Crippen LogP contribution is 2.45. The first-order valence-corrected chi connectivity index (χ1v) is 57.5. The molecule has 0 atom stereocenters. The smallest absolute Gasteiger partial charge is 0.308 e. The van der Waals surface area contributed by atoms with Crippen molar-refractivity contribution in [1.82, 2.24) is 0 Å². The fraction of sp³-hybridized carbons (Fsp3) is 0.571. The number of ether oxygens (including phenoxy) is 4. The topological polar surface area (TPSA) is 177 Å². The molecule has 7 aromatic rings. The van der Waals surface area contributed by atoms with Crippen LogP contribution in [0.2, 0.25) is 49.4 Å². The molecule has 134 heavy (non-hydrogen) atoms. The number of aliphatic hydroxyl groups is 1. The highest BCUT2D eigenvalue weighted by Gasteiger charge is 2.40. The van der Waals surface area contributed by atoms with Crippen LogP contribution in [0.5, 0.6) is 0 Å². The number of ketones is 1. The van der Waals surface area contributed by atoms with Crippen molar-refractivity contribution in [3.8, 4) is 0 Å². The first-order valence-electron chi connectivity index (χ1n) is 49.2. The van der Waals surface area contributed by atoms with Crippen LogP contribution < -0.4 is 0 Å². The summed E-state index contributed by atoms with van der Waals surface area (Å²) >= 11 is 0. The van der Waals surface area contributed by atoms with Crippen LogP contribution in [0.25, 0.3) is 0 Å². The van der Waals surface area contributed by atoms with Gasteiger partial charge in [-0.05, 0) is 171 Å². The molecule has 0 fully saturated rings. The van der Waals surface area contributed by atoms with Gasteiger partial charge in [0.05, 0.1) is 55.1 Å². The van der Waals surface area contributed by atoms with Crippen LogP contribution in [-0.2, 0) is 84.2 Å². The van der Waals surface area contributed by atoms with Gasteiger partial charge in [0.25, 0.3) is 0 Å². The monoisotopic (exact) mass is 1910 g/mol. The Morgan fingerprint density at radius 2 is 0.716 bits per heavy atom. The fourth-order valence-corrected chi connectivity index (χ4v) is 13.9. The summed E-state index contributed by atoms with van der Waals surface area (Å²) in [6.07, 6.45) is 6.96. The molecule has 12 nitrogen and oxygen atoms in total. The van der Waals surface area contributed by atoms with E-state index in [0.717, 1.165) is 64.8 Å². The number of sulfone groups is 1. The van der Waals surface area contributed by atoms with Gasteiger partial charge in [-0.1, -0.05) is 465 Å². The number of esters is 4. The van der Waals surface area contributed by atoms with E-state index in [-0.39, 0.29) is 82.1 Å². The maximum Gasteiger partial charge on any atom is 0.308 e. The Labute approximate surface area is 826 Å². The van der Waals surface area contributed by atoms with Crippen molar-refractivity contribution in [3.63, 3.8) is 0 Å². The molecule has 15 heteroatoms. The predicted octanol–water partition coefficient (Wildman–Crippen LogP) is 33.1. The van der Waals surface area contributed by atoms with Gasteiger partial charge in [-0.25, -0.2) is 8.42 Å². The van der Waals surface area contributed by atoms with E-state index in [2.05, 4.69) is 325 Å². The van der Waals surface area contributed by atoms with E-state index in [4.69, 9.17) is 24.1 Å². The van der Waals surface area contributed by atoms with E-state index >= 15 is 0 Å². The number of allylic oxidation sites excluding steroid dienone is 1. The summed E-state index contributed by atoms with van der Waals surface area (Å²) in [5, 5.41) is 9.02. The van der Waals surface area contributed by atoms with Gasteiger partial charge >= 0.3 is 23.9 Å². The van der Waals surface area contributed by atoms with Crippen molar-refractivity contribution in [1.29, 1.82) is 0 Å². The Balaban J connectivity index is -0.000000338. The number of aliphatic hydroxyl groups excluding tert-OH is 1. The predicted molar refractivity (Wildman–Crippen MR) is 587 cm³/mol. The lowest BCUT2D eigenvalue weighted by molar-refractivity contribution is -0.158. The third-order valence-electron chi connectivity index (χ3n) is 21.4. The zero-order valence-corrected chi connectivity index (χ0v) is 95.9. The minimum atomic E-state index is -3.09. The molecule has 0 aromatic heterocycles. The maximum absolute atomic E-state index is 11.6. The minimum absolute atomic E-state index is 0.00614. The van der Waals surface area contributed by atoms with Crippen molar-refractivity contribution in [2.45, 2.75) is 366 Å². The second-order valence-electron chi connectivity index (χ2n) is 43.8. The van der Waals surface area contributed by atoms with Gasteiger partial charge in [-0.3, -0.25) is 24.0 Å². The van der Waals surface area contributed by atoms with E-state index < -0.39 is 26.0 Å². The van der Waals surface area contributed by atoms with E-state index in [9.17, 15) is 32.4 Å². The molecule has 0 saturated carbocycles. The van der Waals surface area contributed by atoms with E-state index in [1.807, 2.05) is 144 Å². The molecule has 0 spiro atoms. The number of carbonyl (C=O) groups is 5. The Kier molecular flexibility index (Phi) is 74.6. The number of hydrogen-bond acceptors (Lipinski definition) is 12. The van der Waals surface area contributed by atoms with Crippen LogP contribution in [0.15, 0.2) is 230 Å². The van der Waals surface area contributed by atoms with Crippen molar-refractivity contribution in [2.24, 2.45) is 70.5 Å². The maximum atomic E-state index is 11.6. The summed E-state index contributed by atoms with van der Waals surface area (Å²) < 4.78 is 43.2. The Morgan fingerprint density at radius 3 is 0.948 bits per heavy atom. The number of carbonyl (C=O) groups excluding carboxylic acids is 5. The Morgan fingerprint density at radius 1 is 0.403 bits per heavy atom. The summed E-state index contributed by atoms with van der Waals surface area (Å²) in [4.78, 5) is 54.2. The molecular weight excluding hydrogens is 1710 g/mol. The van der Waals surface area contributed by atoms with Crippen molar-refractivity contribution < 1.29 is 56.4 Å². The standard InChI is InChI=1S/C22H22.C11H14O2.C11H16O.C10H14O2S.C10H14.C9H20O2Si.C9H22Si.C8H16O2.C7H12O2.C7H16.C6H12.C5H10O.C4H10/c1-18(2)22(19-12-6-3-7-13-19,20-14-8-4-9-15-20)21-16-10-5-11-17-21;1-9(2)11(12)13-8-10-6-4-3-5-7-10;1-9(2)7-10-3-5-11(8-12)6-4-10;1-8(2)13(11,12)10-6-4-9(3)5-7-10;1-9(2)8-10-6-4-3-5-7-10;1-8(2)9(10)11-6-7-12(3,4)5;1-8(2)10(6,7)9(3,4)5;1-6(2)7(9)10-8(3,4)5;1-4-5-9-7(8)6(2)3;1-6(2)7(3,4)5;1-4-5-6(2)3;1-4(2)5(3)6;1-4(2)3/h3-18H,1-2H3;3-7,9H,8H2,1-2H3;3-6,9,12H,7-8H2,1-2H3;4-8H,1-3H3;3-7,9H,8H2,1-2H3;8H,6-7H2,1-5H3;8H,1-7H3;6H,1-5H3;4,6H,1,5H2,2-3H3;6H,1-5H3;4,6H,1,5H2,2-3H3;4H,1-3H3;4H,1-3H3. The second kappa shape index (κ2) is 73.2. The number of rotatable bonds is 26. The first kappa shape index (κ1) is 137. The molecule has 0 unspecified atom stereocenters. The summed E-state index contributed by atoms with van der Waals surface area (Å²) in [5.74, 6) is 4.15. The largest absolute Gasteiger partial charge is 0.466 e. The molecule has 0 heterocycles. The Bertz CT molecular complexity index is 4110. The number of Topliss-reactive ketones (excluding diaryl/α,β-unsaturated/α-hetero) is 1. The van der Waals surface area contributed by atoms with E-state index in [0.29, 0.717) is 47.0 Å². The molecule has 0 bridgehead atoms. The average Bonchev–Trinajstić information content (AvgIpc) is 0.746. The van der Waals surface area contributed by atoms with Crippen molar-refractivity contribution >= 4 is 55.6 Å². The van der Waals surface area contributed by atoms with Crippen LogP contribution in [0, 0.1) is 77.4 Å². The summed E-state index contributed by atoms with van der Waals surface area (Å²) in [5.41, 5.74) is 10.9. The normalized spacial score (nSPS) is 11.2. The van der Waals surface area contributed by atoms with Gasteiger partial charge in [-0.15, -0.1) is 6.58 Å². The van der Waals surface area contributed by atoms with Gasteiger partial charge in [0.15, 0.2) is 9.84 Å². The summed E-state index contributed by atoms with van der Waals surface area (Å²) in [6, 6.07) is 69.0. The van der Waals surface area contributed by atoms with Crippen molar-refractivity contribution in [3.05, 3.63) is 270 Å². The van der Waals surface area contributed by atoms with Gasteiger partial charge in [0.2, 0.25) is 0 Å². The molecule has 0 aliphatic carbocycles. The summed E-state index contributed by atoms with van der Waals surface area (Å²) in [7, 11) is -5.11. The van der Waals surface area contributed by atoms with Gasteiger partial charge < -0.3 is 24.1 Å². The SMILES string of the molecule is C=CCC(C)C.C=CCOC(=O)C(C)C.CC(=O)C(C)C.CC(C)C.CC(C)C(=O)OC(C)(C)C.CC(C)C(=O)OCC[Si](C)(C)C.CC(C)C(=O)OCc1ccccc1.CC(C)C(C)(C)C.CC(C)C(c1ccccc1)(c1ccccc1)c1ccccc1.CC(C)Cc1ccc(CO)cc1.CC(C)Cc1ccccc1.CC(C)[Si](C)(C)C(C)(C)C.Cc1ccc(S(=O)(=O)C(C)C)cc1. The van der Waals surface area contributed by atoms with Gasteiger partial charge in [0, 0.05) is 19.4 Å². The molecule has 7 rings (SSSR count). The lowest BCUT2D eigenvalue weighted by atomic mass is 9.63. The molecule has 1 N–H and O–H groups in total. The zero-order valence-electron chi connectivity index (χ0n) is 93.1. The Hall–Kier alpha value is -8.09. The molecule has 760 valence electrons. The van der Waals surface area contributed by atoms with Crippen LogP contribution in [0.1, 0.15) is 307 Å². The number of benzene rings is 7. The van der Waals surface area contributed by atoms with Crippen LogP contribution in [0.3, 0.4) is 0 Å². The van der Waals surface area contributed by atoms with E-state index in [1.165, 1.54) is 34.2 Å². The highest BCUT2D eigenvalue weighted by atomic mass is 32.2. The first-order chi connectivity index (χ1) is 61.5. The van der Waals surface area contributed by atoms with Gasteiger partial charge in [-0.2, -0.15) is 0 Å². The number of hydrogen-bond donors (Lipinski definition) is 1. The van der Waals surface area contributed by atoms with Crippen molar-refractivity contribution in [2.75, 3.05) is 13.2 Å². The minimum Gasteiger partial charge on any atom is -0.466 e. The van der Waals surface area contributed by atoms with Crippen LogP contribution in [0.4, 0.5) is 0 Å². The number of aryl methyl sites for hydroxylation is 1. The van der Waals surface area contributed by atoms with Gasteiger partial charge in [0.1, 0.15) is 24.6 Å². The second-order valence-corrected chi connectivity index (χ2v) is 58.1. The molecule has 0 aliphatic rings. The summed E-state index contributed by atoms with van der Waals surface area (Å²) in [6.45, 7) is 98.7. The molecule has 0 amide bonds. The highest BCUT2D eigenvalue weighted by molar-refractivity contribution is 7.92. The molecule has 0 saturated heterocycles. The van der Waals surface area contributed by atoms with Crippen LogP contribution in [-0.4, -0.2) is 83.4 Å². The quantitative estimate of drug-likeness (QED) is 0.0179. The zero-order chi connectivity index (χ0) is 105. The molecule has 0 radical (unpaired) electrons. The van der Waals surface area contributed by atoms with Crippen LogP contribution >= 0.6 is 0 Å². The van der Waals surface area contributed by atoms with E-state index in [1.54, 1.807) is 52.8 Å². The third kappa shape index (κ3) is 70.5. The lowest BCUT2D eigenvalue weighted by Gasteiger charge is -2.40. The average molecular weight is 1910 g/mol. The third-order valence-corrected chi connectivity index (χ3v) is 32.0. The fourth-order valence-electron chi connectivity index (χ4n) is 10.4. The molecule has 7 aromatic carbocycles. The lowest BCUT2D eigenvalue weighted by Crippen LogP contribution is -2.39. The molecule has 0 aliphatic heterocycles. The molecular formula is C119H198O12SSi2.